The average Bonchev–Trinajstić information content (AvgIpc) is 2.54. The number of carboxylic acids is 1. The lowest BCUT2D eigenvalue weighted by molar-refractivity contribution is -0.146. The van der Waals surface area contributed by atoms with Crippen molar-refractivity contribution < 1.29 is 15.0 Å². The molecule has 18 heavy (non-hydrogen) atoms. The third kappa shape index (κ3) is 2.06. The predicted octanol–water partition coefficient (Wildman–Crippen LogP) is 2.54. The van der Waals surface area contributed by atoms with Crippen LogP contribution in [-0.2, 0) is 18.3 Å². The third-order valence-corrected chi connectivity index (χ3v) is 3.27. The van der Waals surface area contributed by atoms with E-state index in [1.807, 2.05) is 23.9 Å². The van der Waals surface area contributed by atoms with Crippen LogP contribution >= 0.6 is 0 Å². The summed E-state index contributed by atoms with van der Waals surface area (Å²) in [7, 11) is 1.91. The maximum atomic E-state index is 11.2. The summed E-state index contributed by atoms with van der Waals surface area (Å²) in [5.41, 5.74) is 1.11. The van der Waals surface area contributed by atoms with Crippen LogP contribution < -0.4 is 0 Å². The molecule has 0 bridgehead atoms. The van der Waals surface area contributed by atoms with E-state index in [4.69, 9.17) is 0 Å². The molecule has 96 valence electrons. The second-order valence-corrected chi connectivity index (χ2v) is 5.33. The van der Waals surface area contributed by atoms with Crippen molar-refractivity contribution in [1.82, 2.24) is 4.57 Å². The largest absolute Gasteiger partial charge is 0.508 e. The molecule has 0 radical (unpaired) electrons. The fourth-order valence-corrected chi connectivity index (χ4v) is 2.15. The maximum absolute atomic E-state index is 11.2. The minimum absolute atomic E-state index is 0.197. The van der Waals surface area contributed by atoms with E-state index in [9.17, 15) is 15.0 Å². The molecule has 0 saturated carbocycles. The average molecular weight is 247 g/mol. The summed E-state index contributed by atoms with van der Waals surface area (Å²) in [6, 6.07) is 5.15. The Morgan fingerprint density at radius 1 is 1.39 bits per heavy atom. The molecule has 2 aromatic rings. The van der Waals surface area contributed by atoms with Crippen LogP contribution in [0.1, 0.15) is 19.4 Å². The SMILES string of the molecule is Cn1cc(CC(C)(C)C(=O)O)c2cc(O)ccc21. The Morgan fingerprint density at radius 3 is 2.67 bits per heavy atom. The summed E-state index contributed by atoms with van der Waals surface area (Å²) in [5, 5.41) is 19.6. The summed E-state index contributed by atoms with van der Waals surface area (Å²) in [6.07, 6.45) is 2.36. The Labute approximate surface area is 105 Å². The normalized spacial score (nSPS) is 11.9. The molecule has 4 nitrogen and oxygen atoms in total. The van der Waals surface area contributed by atoms with Crippen molar-refractivity contribution in [2.24, 2.45) is 12.5 Å². The van der Waals surface area contributed by atoms with Gasteiger partial charge in [-0.05, 0) is 44.0 Å². The van der Waals surface area contributed by atoms with Crippen molar-refractivity contribution >= 4 is 16.9 Å². The fraction of sp³-hybridized carbons (Fsp3) is 0.357. The highest BCUT2D eigenvalue weighted by Crippen LogP contribution is 2.30. The zero-order valence-corrected chi connectivity index (χ0v) is 10.8. The van der Waals surface area contributed by atoms with Crippen LogP contribution in [0.4, 0.5) is 0 Å². The van der Waals surface area contributed by atoms with Gasteiger partial charge in [-0.2, -0.15) is 0 Å². The number of hydrogen-bond acceptors (Lipinski definition) is 2. The first-order valence-electron chi connectivity index (χ1n) is 5.81. The molecular formula is C14H17NO3. The molecule has 0 spiro atoms. The number of benzene rings is 1. The Morgan fingerprint density at radius 2 is 2.06 bits per heavy atom. The highest BCUT2D eigenvalue weighted by atomic mass is 16.4. The van der Waals surface area contributed by atoms with Gasteiger partial charge in [-0.3, -0.25) is 4.79 Å². The van der Waals surface area contributed by atoms with Crippen LogP contribution in [0.5, 0.6) is 5.75 Å². The first-order chi connectivity index (χ1) is 8.31. The van der Waals surface area contributed by atoms with E-state index < -0.39 is 11.4 Å². The zero-order chi connectivity index (χ0) is 13.5. The molecule has 1 heterocycles. The van der Waals surface area contributed by atoms with Gasteiger partial charge in [-0.15, -0.1) is 0 Å². The van der Waals surface area contributed by atoms with Crippen LogP contribution in [0.3, 0.4) is 0 Å². The van der Waals surface area contributed by atoms with Crippen molar-refractivity contribution in [2.75, 3.05) is 0 Å². The van der Waals surface area contributed by atoms with Gasteiger partial charge in [0.1, 0.15) is 5.75 Å². The Kier molecular flexibility index (Phi) is 2.81. The number of aromatic nitrogens is 1. The standard InChI is InChI=1S/C14H17NO3/c1-14(2,13(17)18)7-9-8-15(3)12-5-4-10(16)6-11(9)12/h4-6,8,16H,7H2,1-3H3,(H,17,18). The smallest absolute Gasteiger partial charge is 0.309 e. The molecule has 1 aromatic heterocycles. The number of aliphatic carboxylic acids is 1. The number of hydrogen-bond donors (Lipinski definition) is 2. The van der Waals surface area contributed by atoms with E-state index in [2.05, 4.69) is 0 Å². The molecule has 0 saturated heterocycles. The monoisotopic (exact) mass is 247 g/mol. The number of aromatic hydroxyl groups is 1. The minimum atomic E-state index is -0.820. The van der Waals surface area contributed by atoms with Crippen molar-refractivity contribution in [3.8, 4) is 5.75 Å². The number of rotatable bonds is 3. The van der Waals surface area contributed by atoms with E-state index in [1.54, 1.807) is 26.0 Å². The van der Waals surface area contributed by atoms with Crippen molar-refractivity contribution in [1.29, 1.82) is 0 Å². The van der Waals surface area contributed by atoms with Crippen LogP contribution in [0.25, 0.3) is 10.9 Å². The van der Waals surface area contributed by atoms with E-state index >= 15 is 0 Å². The van der Waals surface area contributed by atoms with Crippen molar-refractivity contribution in [3.05, 3.63) is 30.0 Å². The lowest BCUT2D eigenvalue weighted by Gasteiger charge is -2.18. The van der Waals surface area contributed by atoms with Gasteiger partial charge in [0.05, 0.1) is 5.41 Å². The molecule has 0 unspecified atom stereocenters. The van der Waals surface area contributed by atoms with Gasteiger partial charge in [0.25, 0.3) is 0 Å². The minimum Gasteiger partial charge on any atom is -0.508 e. The molecule has 1 aromatic carbocycles. The van der Waals surface area contributed by atoms with Crippen LogP contribution in [0.15, 0.2) is 24.4 Å². The van der Waals surface area contributed by atoms with Crippen LogP contribution in [-0.4, -0.2) is 20.7 Å². The number of carbonyl (C=O) groups is 1. The summed E-state index contributed by atoms with van der Waals surface area (Å²) < 4.78 is 1.95. The molecule has 0 aliphatic heterocycles. The van der Waals surface area contributed by atoms with E-state index in [0.717, 1.165) is 16.5 Å². The van der Waals surface area contributed by atoms with Crippen LogP contribution in [0.2, 0.25) is 0 Å². The van der Waals surface area contributed by atoms with E-state index in [1.165, 1.54) is 0 Å². The third-order valence-electron chi connectivity index (χ3n) is 3.27. The number of fused-ring (bicyclic) bond motifs is 1. The number of phenolic OH excluding ortho intramolecular Hbond substituents is 1. The summed E-state index contributed by atoms with van der Waals surface area (Å²) >= 11 is 0. The summed E-state index contributed by atoms with van der Waals surface area (Å²) in [6.45, 7) is 3.41. The maximum Gasteiger partial charge on any atom is 0.309 e. The molecule has 0 atom stereocenters. The number of nitrogens with zero attached hydrogens (tertiary/aromatic N) is 1. The Hall–Kier alpha value is -1.97. The van der Waals surface area contributed by atoms with Crippen molar-refractivity contribution in [3.63, 3.8) is 0 Å². The lowest BCUT2D eigenvalue weighted by Crippen LogP contribution is -2.26. The Bertz CT molecular complexity index is 611. The summed E-state index contributed by atoms with van der Waals surface area (Å²) in [4.78, 5) is 11.2. The summed E-state index contributed by atoms with van der Waals surface area (Å²) in [5.74, 6) is -0.622. The molecule has 2 N–H and O–H groups in total. The van der Waals surface area contributed by atoms with E-state index in [0.29, 0.717) is 6.42 Å². The Balaban J connectivity index is 2.52. The first kappa shape index (κ1) is 12.5. The van der Waals surface area contributed by atoms with Gasteiger partial charge in [0.2, 0.25) is 0 Å². The number of phenols is 1. The molecular weight excluding hydrogens is 230 g/mol. The fourth-order valence-electron chi connectivity index (χ4n) is 2.15. The zero-order valence-electron chi connectivity index (χ0n) is 10.8. The van der Waals surface area contributed by atoms with Crippen molar-refractivity contribution in [2.45, 2.75) is 20.3 Å². The van der Waals surface area contributed by atoms with Gasteiger partial charge >= 0.3 is 5.97 Å². The van der Waals surface area contributed by atoms with Crippen LogP contribution in [0, 0.1) is 5.41 Å². The van der Waals surface area contributed by atoms with Gasteiger partial charge in [-0.1, -0.05) is 0 Å². The molecule has 0 amide bonds. The highest BCUT2D eigenvalue weighted by Gasteiger charge is 2.28. The molecule has 0 aliphatic carbocycles. The predicted molar refractivity (Wildman–Crippen MR) is 69.7 cm³/mol. The molecule has 4 heteroatoms. The topological polar surface area (TPSA) is 62.5 Å². The van der Waals surface area contributed by atoms with Gasteiger partial charge in [0.15, 0.2) is 0 Å². The number of aryl methyl sites for hydroxylation is 1. The van der Waals surface area contributed by atoms with Gasteiger partial charge in [-0.25, -0.2) is 0 Å². The first-order valence-corrected chi connectivity index (χ1v) is 5.81. The quantitative estimate of drug-likeness (QED) is 0.876. The number of carboxylic acid groups (broad SMARTS) is 1. The second kappa shape index (κ2) is 4.05. The van der Waals surface area contributed by atoms with Gasteiger partial charge < -0.3 is 14.8 Å². The van der Waals surface area contributed by atoms with E-state index in [-0.39, 0.29) is 5.75 Å². The molecule has 0 aliphatic rings. The van der Waals surface area contributed by atoms with Gasteiger partial charge in [0, 0.05) is 24.1 Å². The second-order valence-electron chi connectivity index (χ2n) is 5.33. The highest BCUT2D eigenvalue weighted by molar-refractivity contribution is 5.86. The molecule has 0 fully saturated rings. The molecule has 2 rings (SSSR count). The lowest BCUT2D eigenvalue weighted by atomic mass is 9.86.